The minimum atomic E-state index is -4.50. The van der Waals surface area contributed by atoms with Crippen LogP contribution in [0.3, 0.4) is 0 Å². The van der Waals surface area contributed by atoms with E-state index < -0.39 is 29.7 Å². The van der Waals surface area contributed by atoms with Crippen molar-refractivity contribution in [2.45, 2.75) is 6.10 Å². The molecule has 0 heterocycles. The summed E-state index contributed by atoms with van der Waals surface area (Å²) in [5, 5.41) is 16.6. The van der Waals surface area contributed by atoms with E-state index in [-0.39, 0.29) is 32.7 Å². The third-order valence-corrected chi connectivity index (χ3v) is 1.05. The van der Waals surface area contributed by atoms with Crippen molar-refractivity contribution in [3.8, 4) is 0 Å². The van der Waals surface area contributed by atoms with Gasteiger partial charge < -0.3 is 21.2 Å². The largest absolute Gasteiger partial charge is 4.00 e. The van der Waals surface area contributed by atoms with Gasteiger partial charge in [-0.05, 0) is 0 Å². The summed E-state index contributed by atoms with van der Waals surface area (Å²) in [5.41, 5.74) is 0. The van der Waals surface area contributed by atoms with Gasteiger partial charge in [-0.15, -0.1) is 0 Å². The Hall–Kier alpha value is 0.424. The molecule has 10 heteroatoms. The molecule has 13 heavy (non-hydrogen) atoms. The Labute approximate surface area is 90.0 Å². The van der Waals surface area contributed by atoms with E-state index >= 15 is 0 Å². The molecule has 1 atom stereocenters. The molecule has 78 valence electrons. The molecule has 0 aromatic heterocycles. The predicted octanol–water partition coefficient (Wildman–Crippen LogP) is -2.08. The molecule has 0 aliphatic heterocycles. The second kappa shape index (κ2) is 10.5. The first kappa shape index (κ1) is 23.3. The van der Waals surface area contributed by atoms with Crippen molar-refractivity contribution in [2.75, 3.05) is 13.2 Å². The molecule has 0 radical (unpaired) electrons. The third-order valence-electron chi connectivity index (χ3n) is 0.620. The molecular formula is C3H8O8STi. The molecule has 3 N–H and O–H groups in total. The first-order valence-corrected chi connectivity index (χ1v) is 3.73. The van der Waals surface area contributed by atoms with E-state index in [4.69, 9.17) is 14.8 Å². The minimum Gasteiger partial charge on any atom is -2.00 e. The van der Waals surface area contributed by atoms with E-state index in [1.165, 1.54) is 0 Å². The predicted molar refractivity (Wildman–Crippen MR) is 32.0 cm³/mol. The third kappa shape index (κ3) is 19.0. The maximum absolute atomic E-state index is 9.79. The van der Waals surface area contributed by atoms with Crippen molar-refractivity contribution < 1.29 is 60.0 Å². The summed E-state index contributed by atoms with van der Waals surface area (Å²) in [6, 6.07) is 0. The molecule has 1 unspecified atom stereocenters. The van der Waals surface area contributed by atoms with Crippen LogP contribution in [0, 0.1) is 0 Å². The van der Waals surface area contributed by atoms with Crippen LogP contribution in [0.5, 0.6) is 0 Å². The van der Waals surface area contributed by atoms with Gasteiger partial charge in [0.15, 0.2) is 0 Å². The smallest absolute Gasteiger partial charge is 2.00 e. The molecule has 0 spiro atoms. The van der Waals surface area contributed by atoms with Gasteiger partial charge in [0.1, 0.15) is 6.10 Å². The molecule has 0 bridgehead atoms. The molecule has 0 rings (SSSR count). The molecule has 0 saturated carbocycles. The van der Waals surface area contributed by atoms with Gasteiger partial charge in [-0.25, -0.2) is 4.18 Å². The zero-order valence-electron chi connectivity index (χ0n) is 6.28. The standard InChI is InChI=1S/C3H8O6S.2O.Ti/c4-1-3(5)2-9-10(6,7)8;;;/h3-5H,1-2H2,(H,6,7,8);;;/q;2*-2;+4. The van der Waals surface area contributed by atoms with Gasteiger partial charge in [-0.1, -0.05) is 0 Å². The van der Waals surface area contributed by atoms with Crippen LogP contribution in [-0.2, 0) is 47.3 Å². The Morgan fingerprint density at radius 1 is 1.31 bits per heavy atom. The van der Waals surface area contributed by atoms with Gasteiger partial charge >= 0.3 is 32.1 Å². The van der Waals surface area contributed by atoms with Gasteiger partial charge in [0, 0.05) is 0 Å². The van der Waals surface area contributed by atoms with Crippen molar-refractivity contribution in [3.05, 3.63) is 0 Å². The topological polar surface area (TPSA) is 161 Å². The molecule has 0 amide bonds. The summed E-state index contributed by atoms with van der Waals surface area (Å²) < 4.78 is 31.2. The van der Waals surface area contributed by atoms with Crippen LogP contribution in [-0.4, -0.2) is 42.5 Å². The SMILES string of the molecule is O=S(=O)(O)OCC(O)CO.[O-2].[O-2].[Ti+4]. The van der Waals surface area contributed by atoms with Crippen LogP contribution < -0.4 is 0 Å². The second-order valence-electron chi connectivity index (χ2n) is 1.55. The first-order chi connectivity index (χ1) is 4.45. The van der Waals surface area contributed by atoms with Gasteiger partial charge in [0.2, 0.25) is 0 Å². The minimum absolute atomic E-state index is 0. The summed E-state index contributed by atoms with van der Waals surface area (Å²) in [7, 11) is -4.50. The Kier molecular flexibility index (Phi) is 18.9. The summed E-state index contributed by atoms with van der Waals surface area (Å²) in [5.74, 6) is 0. The molecule has 0 saturated heterocycles. The molecule has 0 aliphatic carbocycles. The van der Waals surface area contributed by atoms with Crippen LogP contribution in [0.25, 0.3) is 0 Å². The van der Waals surface area contributed by atoms with E-state index in [0.717, 1.165) is 0 Å². The maximum atomic E-state index is 9.79. The van der Waals surface area contributed by atoms with Crippen LogP contribution >= 0.6 is 0 Å². The molecule has 0 aliphatic rings. The Bertz CT molecular complexity index is 178. The van der Waals surface area contributed by atoms with Crippen molar-refractivity contribution in [3.63, 3.8) is 0 Å². The van der Waals surface area contributed by atoms with Crippen LogP contribution in [0.4, 0.5) is 0 Å². The fourth-order valence-corrected chi connectivity index (χ4v) is 0.546. The van der Waals surface area contributed by atoms with Gasteiger partial charge in [0.25, 0.3) is 0 Å². The summed E-state index contributed by atoms with van der Waals surface area (Å²) in [6.45, 7) is -1.26. The van der Waals surface area contributed by atoms with Gasteiger partial charge in [0.05, 0.1) is 13.2 Å². The van der Waals surface area contributed by atoms with Crippen molar-refractivity contribution in [1.29, 1.82) is 0 Å². The normalized spacial score (nSPS) is 11.6. The average molecular weight is 252 g/mol. The van der Waals surface area contributed by atoms with Gasteiger partial charge in [-0.2, -0.15) is 8.42 Å². The van der Waals surface area contributed by atoms with E-state index in [1.807, 2.05) is 0 Å². The van der Waals surface area contributed by atoms with Crippen molar-refractivity contribution >= 4 is 10.4 Å². The van der Waals surface area contributed by atoms with E-state index in [2.05, 4.69) is 4.18 Å². The summed E-state index contributed by atoms with van der Waals surface area (Å²) in [6.07, 6.45) is -1.29. The summed E-state index contributed by atoms with van der Waals surface area (Å²) >= 11 is 0. The molecular weight excluding hydrogens is 244 g/mol. The van der Waals surface area contributed by atoms with Crippen LogP contribution in [0.1, 0.15) is 0 Å². The molecule has 0 fully saturated rings. The quantitative estimate of drug-likeness (QED) is 0.384. The fraction of sp³-hybridized carbons (Fsp3) is 1.00. The Morgan fingerprint density at radius 2 is 1.69 bits per heavy atom. The second-order valence-corrected chi connectivity index (χ2v) is 2.64. The zero-order valence-corrected chi connectivity index (χ0v) is 8.66. The van der Waals surface area contributed by atoms with Crippen molar-refractivity contribution in [2.24, 2.45) is 0 Å². The fourth-order valence-electron chi connectivity index (χ4n) is 0.217. The molecule has 0 aromatic rings. The number of aliphatic hydroxyl groups is 2. The van der Waals surface area contributed by atoms with E-state index in [1.54, 1.807) is 0 Å². The van der Waals surface area contributed by atoms with Crippen LogP contribution in [0.2, 0.25) is 0 Å². The maximum Gasteiger partial charge on any atom is 4.00 e. The van der Waals surface area contributed by atoms with Gasteiger partial charge in [-0.3, -0.25) is 4.55 Å². The monoisotopic (exact) mass is 252 g/mol. The number of rotatable bonds is 4. The Balaban J connectivity index is -0.000000135. The van der Waals surface area contributed by atoms with E-state index in [0.29, 0.717) is 0 Å². The average Bonchev–Trinajstić information content (AvgIpc) is 1.81. The molecule has 8 nitrogen and oxygen atoms in total. The number of hydrogen-bond donors (Lipinski definition) is 3. The Morgan fingerprint density at radius 3 is 1.92 bits per heavy atom. The summed E-state index contributed by atoms with van der Waals surface area (Å²) in [4.78, 5) is 0. The van der Waals surface area contributed by atoms with Crippen molar-refractivity contribution in [1.82, 2.24) is 0 Å². The van der Waals surface area contributed by atoms with Crippen LogP contribution in [0.15, 0.2) is 0 Å². The number of aliphatic hydroxyl groups excluding tert-OH is 2. The zero-order chi connectivity index (χ0) is 8.20. The number of hydrogen-bond acceptors (Lipinski definition) is 5. The first-order valence-electron chi connectivity index (χ1n) is 2.36. The van der Waals surface area contributed by atoms with E-state index in [9.17, 15) is 8.42 Å². The molecule has 0 aromatic carbocycles.